The Hall–Kier alpha value is -2.03. The molecule has 0 aliphatic carbocycles. The van der Waals surface area contributed by atoms with Crippen molar-refractivity contribution in [3.8, 4) is 5.75 Å². The number of hydrogen-bond acceptors (Lipinski definition) is 3. The van der Waals surface area contributed by atoms with Crippen LogP contribution < -0.4 is 10.5 Å². The number of rotatable bonds is 4. The first-order chi connectivity index (χ1) is 8.27. The fourth-order valence-electron chi connectivity index (χ4n) is 1.60. The summed E-state index contributed by atoms with van der Waals surface area (Å²) in [6.45, 7) is 2.59. The summed E-state index contributed by atoms with van der Waals surface area (Å²) in [5, 5.41) is 0. The number of nitrogens with two attached hydrogens (primary N) is 1. The minimum atomic E-state index is 0.610. The molecule has 0 fully saturated rings. The van der Waals surface area contributed by atoms with Crippen LogP contribution in [0.1, 0.15) is 11.1 Å². The zero-order valence-electron chi connectivity index (χ0n) is 9.89. The van der Waals surface area contributed by atoms with Crippen molar-refractivity contribution >= 4 is 5.69 Å². The molecule has 2 N–H and O–H groups in total. The van der Waals surface area contributed by atoms with Crippen molar-refractivity contribution in [2.24, 2.45) is 0 Å². The van der Waals surface area contributed by atoms with Gasteiger partial charge in [0.1, 0.15) is 5.75 Å². The van der Waals surface area contributed by atoms with Crippen LogP contribution >= 0.6 is 0 Å². The van der Waals surface area contributed by atoms with Crippen molar-refractivity contribution in [1.82, 2.24) is 4.98 Å². The van der Waals surface area contributed by atoms with E-state index in [9.17, 15) is 0 Å². The molecule has 0 aliphatic heterocycles. The standard InChI is InChI=1S/C14H16N2O/c1-11-4-2-6-13(14(11)15)17-9-7-12-5-3-8-16-10-12/h2-6,8,10H,7,9,15H2,1H3. The van der Waals surface area contributed by atoms with Gasteiger partial charge in [0.25, 0.3) is 0 Å². The fraction of sp³-hybridized carbons (Fsp3) is 0.214. The number of ether oxygens (including phenoxy) is 1. The largest absolute Gasteiger partial charge is 0.491 e. The van der Waals surface area contributed by atoms with Gasteiger partial charge in [-0.25, -0.2) is 0 Å². The van der Waals surface area contributed by atoms with E-state index in [4.69, 9.17) is 10.5 Å². The summed E-state index contributed by atoms with van der Waals surface area (Å²) in [6.07, 6.45) is 4.45. The second-order valence-corrected chi connectivity index (χ2v) is 3.95. The van der Waals surface area contributed by atoms with Crippen LogP contribution in [0.3, 0.4) is 0 Å². The summed E-state index contributed by atoms with van der Waals surface area (Å²) in [7, 11) is 0. The highest BCUT2D eigenvalue weighted by Crippen LogP contribution is 2.24. The Bertz CT molecular complexity index is 483. The predicted octanol–water partition coefficient (Wildman–Crippen LogP) is 2.59. The Kier molecular flexibility index (Phi) is 3.60. The molecule has 0 saturated carbocycles. The Labute approximate surface area is 101 Å². The molecule has 0 aliphatic rings. The molecule has 17 heavy (non-hydrogen) atoms. The smallest absolute Gasteiger partial charge is 0.142 e. The molecule has 0 radical (unpaired) electrons. The van der Waals surface area contributed by atoms with Gasteiger partial charge in [-0.3, -0.25) is 4.98 Å². The van der Waals surface area contributed by atoms with Crippen LogP contribution in [0.15, 0.2) is 42.7 Å². The normalized spacial score (nSPS) is 10.2. The van der Waals surface area contributed by atoms with E-state index < -0.39 is 0 Å². The summed E-state index contributed by atoms with van der Waals surface area (Å²) in [5.74, 6) is 0.758. The van der Waals surface area contributed by atoms with Crippen LogP contribution in [0.5, 0.6) is 5.75 Å². The van der Waals surface area contributed by atoms with E-state index in [1.54, 1.807) is 6.20 Å². The molecule has 3 nitrogen and oxygen atoms in total. The number of para-hydroxylation sites is 1. The van der Waals surface area contributed by atoms with Crippen molar-refractivity contribution in [3.05, 3.63) is 53.9 Å². The molecule has 0 atom stereocenters. The minimum absolute atomic E-state index is 0.610. The van der Waals surface area contributed by atoms with E-state index in [1.807, 2.05) is 43.5 Å². The molecule has 0 bridgehead atoms. The lowest BCUT2D eigenvalue weighted by molar-refractivity contribution is 0.323. The highest BCUT2D eigenvalue weighted by Gasteiger charge is 2.02. The van der Waals surface area contributed by atoms with Crippen molar-refractivity contribution in [1.29, 1.82) is 0 Å². The average molecular weight is 228 g/mol. The molecule has 0 unspecified atom stereocenters. The lowest BCUT2D eigenvalue weighted by Gasteiger charge is -2.10. The third-order valence-corrected chi connectivity index (χ3v) is 2.66. The first-order valence-electron chi connectivity index (χ1n) is 5.64. The molecule has 88 valence electrons. The number of nitrogens with zero attached hydrogens (tertiary/aromatic N) is 1. The monoisotopic (exact) mass is 228 g/mol. The van der Waals surface area contributed by atoms with E-state index in [1.165, 1.54) is 5.56 Å². The number of aryl methyl sites for hydroxylation is 1. The third-order valence-electron chi connectivity index (χ3n) is 2.66. The van der Waals surface area contributed by atoms with Crippen LogP contribution in [0.4, 0.5) is 5.69 Å². The van der Waals surface area contributed by atoms with Crippen LogP contribution in [-0.4, -0.2) is 11.6 Å². The number of anilines is 1. The maximum atomic E-state index is 5.92. The van der Waals surface area contributed by atoms with Gasteiger partial charge in [-0.05, 0) is 30.2 Å². The second-order valence-electron chi connectivity index (χ2n) is 3.95. The van der Waals surface area contributed by atoms with Crippen LogP contribution in [-0.2, 0) is 6.42 Å². The maximum Gasteiger partial charge on any atom is 0.142 e. The summed E-state index contributed by atoms with van der Waals surface area (Å²) in [4.78, 5) is 4.06. The quantitative estimate of drug-likeness (QED) is 0.818. The number of aromatic nitrogens is 1. The van der Waals surface area contributed by atoms with Gasteiger partial charge < -0.3 is 10.5 Å². The molecule has 0 saturated heterocycles. The molecule has 1 aromatic carbocycles. The molecule has 1 heterocycles. The number of hydrogen-bond donors (Lipinski definition) is 1. The van der Waals surface area contributed by atoms with Gasteiger partial charge in [0, 0.05) is 18.8 Å². The summed E-state index contributed by atoms with van der Waals surface area (Å²) in [6, 6.07) is 9.78. The van der Waals surface area contributed by atoms with Gasteiger partial charge in [0.05, 0.1) is 12.3 Å². The SMILES string of the molecule is Cc1cccc(OCCc2cccnc2)c1N. The lowest BCUT2D eigenvalue weighted by Crippen LogP contribution is -2.04. The van der Waals surface area contributed by atoms with E-state index in [0.717, 1.165) is 23.4 Å². The van der Waals surface area contributed by atoms with Gasteiger partial charge in [-0.2, -0.15) is 0 Å². The fourth-order valence-corrected chi connectivity index (χ4v) is 1.60. The zero-order chi connectivity index (χ0) is 12.1. The van der Waals surface area contributed by atoms with Gasteiger partial charge in [-0.15, -0.1) is 0 Å². The summed E-state index contributed by atoms with van der Waals surface area (Å²) >= 11 is 0. The van der Waals surface area contributed by atoms with Crippen LogP contribution in [0, 0.1) is 6.92 Å². The van der Waals surface area contributed by atoms with Crippen molar-refractivity contribution in [2.75, 3.05) is 12.3 Å². The first-order valence-corrected chi connectivity index (χ1v) is 5.64. The van der Waals surface area contributed by atoms with Crippen molar-refractivity contribution < 1.29 is 4.74 Å². The topological polar surface area (TPSA) is 48.1 Å². The number of benzene rings is 1. The summed E-state index contributed by atoms with van der Waals surface area (Å²) < 4.78 is 5.67. The van der Waals surface area contributed by atoms with Crippen LogP contribution in [0.25, 0.3) is 0 Å². The Morgan fingerprint density at radius 2 is 2.12 bits per heavy atom. The number of nitrogen functional groups attached to an aromatic ring is 1. The molecule has 3 heteroatoms. The van der Waals surface area contributed by atoms with E-state index in [2.05, 4.69) is 4.98 Å². The minimum Gasteiger partial charge on any atom is -0.491 e. The van der Waals surface area contributed by atoms with Gasteiger partial charge in [0.2, 0.25) is 0 Å². The molecule has 2 aromatic rings. The van der Waals surface area contributed by atoms with Gasteiger partial charge >= 0.3 is 0 Å². The van der Waals surface area contributed by atoms with Gasteiger partial charge in [-0.1, -0.05) is 18.2 Å². The number of pyridine rings is 1. The molecule has 1 aromatic heterocycles. The first kappa shape index (κ1) is 11.5. The average Bonchev–Trinajstić information content (AvgIpc) is 2.36. The Balaban J connectivity index is 1.93. The van der Waals surface area contributed by atoms with Crippen LogP contribution in [0.2, 0.25) is 0 Å². The van der Waals surface area contributed by atoms with E-state index >= 15 is 0 Å². The zero-order valence-corrected chi connectivity index (χ0v) is 9.89. The predicted molar refractivity (Wildman–Crippen MR) is 69.0 cm³/mol. The van der Waals surface area contributed by atoms with E-state index in [0.29, 0.717) is 6.61 Å². The Morgan fingerprint density at radius 3 is 2.88 bits per heavy atom. The van der Waals surface area contributed by atoms with Gasteiger partial charge in [0.15, 0.2) is 0 Å². The summed E-state index contributed by atoms with van der Waals surface area (Å²) in [5.41, 5.74) is 8.86. The second kappa shape index (κ2) is 5.34. The lowest BCUT2D eigenvalue weighted by atomic mass is 10.2. The molecular formula is C14H16N2O. The van der Waals surface area contributed by atoms with Crippen molar-refractivity contribution in [3.63, 3.8) is 0 Å². The Morgan fingerprint density at radius 1 is 1.24 bits per heavy atom. The molecule has 0 amide bonds. The molecule has 2 rings (SSSR count). The maximum absolute atomic E-state index is 5.92. The molecule has 0 spiro atoms. The molecular weight excluding hydrogens is 212 g/mol. The van der Waals surface area contributed by atoms with E-state index in [-0.39, 0.29) is 0 Å². The third kappa shape index (κ3) is 2.97. The highest BCUT2D eigenvalue weighted by molar-refractivity contribution is 5.57. The van der Waals surface area contributed by atoms with Crippen molar-refractivity contribution in [2.45, 2.75) is 13.3 Å². The highest BCUT2D eigenvalue weighted by atomic mass is 16.5.